The van der Waals surface area contributed by atoms with Gasteiger partial charge in [0.15, 0.2) is 5.69 Å². The van der Waals surface area contributed by atoms with Crippen molar-refractivity contribution < 1.29 is 14.4 Å². The number of aliphatic hydroxyl groups excluding tert-OH is 1. The Hall–Kier alpha value is -2.18. The van der Waals surface area contributed by atoms with E-state index in [2.05, 4.69) is 15.4 Å². The van der Waals surface area contributed by atoms with Crippen LogP contribution in [0.25, 0.3) is 0 Å². The van der Waals surface area contributed by atoms with Crippen LogP contribution in [-0.4, -0.2) is 47.2 Å². The standard InChI is InChI=1S/C19H25N3O3/c1-14-11-17(21-25-14)19(24)20-12-15-7-9-22(10-8-15)13-18(23)16-5-3-2-4-6-16/h2-6,11,15,18,23H,7-10,12-13H2,1H3,(H,20,24). The molecule has 0 aliphatic carbocycles. The average molecular weight is 343 g/mol. The van der Waals surface area contributed by atoms with Crippen LogP contribution in [0.1, 0.15) is 40.8 Å². The van der Waals surface area contributed by atoms with Crippen molar-refractivity contribution in [3.8, 4) is 0 Å². The highest BCUT2D eigenvalue weighted by Crippen LogP contribution is 2.20. The van der Waals surface area contributed by atoms with Gasteiger partial charge in [0, 0.05) is 19.2 Å². The molecule has 1 unspecified atom stereocenters. The minimum Gasteiger partial charge on any atom is -0.387 e. The number of nitrogens with one attached hydrogen (secondary N) is 1. The monoisotopic (exact) mass is 343 g/mol. The highest BCUT2D eigenvalue weighted by Gasteiger charge is 2.22. The first-order valence-corrected chi connectivity index (χ1v) is 8.78. The third-order valence-electron chi connectivity index (χ3n) is 4.73. The van der Waals surface area contributed by atoms with Crippen LogP contribution in [0, 0.1) is 12.8 Å². The van der Waals surface area contributed by atoms with Crippen LogP contribution in [0.5, 0.6) is 0 Å². The number of aryl methyl sites for hydroxylation is 1. The van der Waals surface area contributed by atoms with Crippen LogP contribution < -0.4 is 5.32 Å². The number of aromatic nitrogens is 1. The number of piperidine rings is 1. The molecule has 1 atom stereocenters. The van der Waals surface area contributed by atoms with Crippen LogP contribution >= 0.6 is 0 Å². The molecular weight excluding hydrogens is 318 g/mol. The Bertz CT molecular complexity index is 678. The van der Waals surface area contributed by atoms with Gasteiger partial charge in [-0.05, 0) is 44.3 Å². The Labute approximate surface area is 147 Å². The summed E-state index contributed by atoms with van der Waals surface area (Å²) in [6.45, 7) is 4.95. The highest BCUT2D eigenvalue weighted by molar-refractivity contribution is 5.92. The quantitative estimate of drug-likeness (QED) is 0.840. The number of amides is 1. The maximum Gasteiger partial charge on any atom is 0.273 e. The van der Waals surface area contributed by atoms with Gasteiger partial charge in [-0.15, -0.1) is 0 Å². The fourth-order valence-corrected chi connectivity index (χ4v) is 3.20. The van der Waals surface area contributed by atoms with Crippen LogP contribution in [0.2, 0.25) is 0 Å². The molecule has 1 aromatic heterocycles. The predicted molar refractivity (Wildman–Crippen MR) is 94.1 cm³/mol. The summed E-state index contributed by atoms with van der Waals surface area (Å²) in [5.74, 6) is 0.913. The molecule has 1 aliphatic heterocycles. The van der Waals surface area contributed by atoms with Crippen LogP contribution in [0.15, 0.2) is 40.9 Å². The Morgan fingerprint density at radius 3 is 2.72 bits per heavy atom. The third-order valence-corrected chi connectivity index (χ3v) is 4.73. The lowest BCUT2D eigenvalue weighted by Crippen LogP contribution is -2.40. The number of benzene rings is 1. The van der Waals surface area contributed by atoms with E-state index in [9.17, 15) is 9.90 Å². The SMILES string of the molecule is Cc1cc(C(=O)NCC2CCN(CC(O)c3ccccc3)CC2)no1. The minimum absolute atomic E-state index is 0.182. The summed E-state index contributed by atoms with van der Waals surface area (Å²) in [6.07, 6.45) is 1.58. The first-order chi connectivity index (χ1) is 12.1. The molecule has 6 heteroatoms. The van der Waals surface area contributed by atoms with E-state index in [0.29, 0.717) is 30.5 Å². The largest absolute Gasteiger partial charge is 0.387 e. The number of hydrogen-bond acceptors (Lipinski definition) is 5. The van der Waals surface area contributed by atoms with Crippen LogP contribution in [0.4, 0.5) is 0 Å². The average Bonchev–Trinajstić information content (AvgIpc) is 3.08. The highest BCUT2D eigenvalue weighted by atomic mass is 16.5. The zero-order valence-electron chi connectivity index (χ0n) is 14.5. The summed E-state index contributed by atoms with van der Waals surface area (Å²) in [7, 11) is 0. The van der Waals surface area contributed by atoms with Crippen molar-refractivity contribution in [1.29, 1.82) is 0 Å². The molecule has 25 heavy (non-hydrogen) atoms. The molecule has 0 radical (unpaired) electrons. The Kier molecular flexibility index (Phi) is 5.83. The predicted octanol–water partition coefficient (Wildman–Crippen LogP) is 2.16. The first-order valence-electron chi connectivity index (χ1n) is 8.78. The van der Waals surface area contributed by atoms with Crippen molar-refractivity contribution in [3.05, 3.63) is 53.4 Å². The fourth-order valence-electron chi connectivity index (χ4n) is 3.20. The molecule has 2 aromatic rings. The maximum absolute atomic E-state index is 12.0. The van der Waals surface area contributed by atoms with Gasteiger partial charge < -0.3 is 19.8 Å². The molecule has 1 saturated heterocycles. The zero-order chi connectivity index (χ0) is 17.6. The van der Waals surface area contributed by atoms with E-state index >= 15 is 0 Å². The van der Waals surface area contributed by atoms with Gasteiger partial charge in [-0.1, -0.05) is 35.5 Å². The van der Waals surface area contributed by atoms with E-state index in [-0.39, 0.29) is 5.91 Å². The smallest absolute Gasteiger partial charge is 0.273 e. The number of carbonyl (C=O) groups is 1. The van der Waals surface area contributed by atoms with E-state index in [1.807, 2.05) is 30.3 Å². The van der Waals surface area contributed by atoms with Gasteiger partial charge >= 0.3 is 0 Å². The molecule has 2 N–H and O–H groups in total. The Balaban J connectivity index is 1.39. The minimum atomic E-state index is -0.451. The summed E-state index contributed by atoms with van der Waals surface area (Å²) in [5.41, 5.74) is 1.29. The van der Waals surface area contributed by atoms with Crippen molar-refractivity contribution >= 4 is 5.91 Å². The van der Waals surface area contributed by atoms with Gasteiger partial charge in [0.1, 0.15) is 5.76 Å². The number of hydrogen-bond donors (Lipinski definition) is 2. The molecular formula is C19H25N3O3. The van der Waals surface area contributed by atoms with Crippen molar-refractivity contribution in [2.45, 2.75) is 25.9 Å². The molecule has 1 fully saturated rings. The summed E-state index contributed by atoms with van der Waals surface area (Å²) >= 11 is 0. The molecule has 0 saturated carbocycles. The lowest BCUT2D eigenvalue weighted by molar-refractivity contribution is 0.0848. The second kappa shape index (κ2) is 8.27. The third kappa shape index (κ3) is 4.90. The van der Waals surface area contributed by atoms with Crippen molar-refractivity contribution in [2.75, 3.05) is 26.2 Å². The number of nitrogens with zero attached hydrogens (tertiary/aromatic N) is 2. The number of rotatable bonds is 6. The van der Waals surface area contributed by atoms with E-state index in [1.165, 1.54) is 0 Å². The fraction of sp³-hybridized carbons (Fsp3) is 0.474. The summed E-state index contributed by atoms with van der Waals surface area (Å²) in [4.78, 5) is 14.3. The topological polar surface area (TPSA) is 78.6 Å². The maximum atomic E-state index is 12.0. The summed E-state index contributed by atoms with van der Waals surface area (Å²) in [5, 5.41) is 17.0. The van der Waals surface area contributed by atoms with Gasteiger partial charge in [0.2, 0.25) is 0 Å². The number of carbonyl (C=O) groups excluding carboxylic acids is 1. The molecule has 3 rings (SSSR count). The van der Waals surface area contributed by atoms with E-state index < -0.39 is 6.10 Å². The summed E-state index contributed by atoms with van der Waals surface area (Å²) < 4.78 is 4.92. The van der Waals surface area contributed by atoms with Crippen LogP contribution in [0.3, 0.4) is 0 Å². The Morgan fingerprint density at radius 2 is 2.08 bits per heavy atom. The van der Waals surface area contributed by atoms with Gasteiger partial charge in [0.25, 0.3) is 5.91 Å². The van der Waals surface area contributed by atoms with E-state index in [4.69, 9.17) is 4.52 Å². The molecule has 1 aromatic carbocycles. The lowest BCUT2D eigenvalue weighted by Gasteiger charge is -2.33. The van der Waals surface area contributed by atoms with Crippen molar-refractivity contribution in [3.63, 3.8) is 0 Å². The molecule has 6 nitrogen and oxygen atoms in total. The summed E-state index contributed by atoms with van der Waals surface area (Å²) in [6, 6.07) is 11.4. The van der Waals surface area contributed by atoms with Gasteiger partial charge in [0.05, 0.1) is 6.10 Å². The van der Waals surface area contributed by atoms with Crippen LogP contribution in [-0.2, 0) is 0 Å². The molecule has 0 spiro atoms. The molecule has 1 amide bonds. The number of likely N-dealkylation sites (tertiary alicyclic amines) is 1. The lowest BCUT2D eigenvalue weighted by atomic mass is 9.96. The molecule has 2 heterocycles. The molecule has 134 valence electrons. The van der Waals surface area contributed by atoms with E-state index in [1.54, 1.807) is 13.0 Å². The normalized spacial score (nSPS) is 17.4. The molecule has 0 bridgehead atoms. The second-order valence-corrected chi connectivity index (χ2v) is 6.70. The van der Waals surface area contributed by atoms with Crippen molar-refractivity contribution in [1.82, 2.24) is 15.4 Å². The second-order valence-electron chi connectivity index (χ2n) is 6.70. The van der Waals surface area contributed by atoms with E-state index in [0.717, 1.165) is 31.5 Å². The van der Waals surface area contributed by atoms with Gasteiger partial charge in [-0.3, -0.25) is 4.79 Å². The van der Waals surface area contributed by atoms with Gasteiger partial charge in [-0.25, -0.2) is 0 Å². The first kappa shape index (κ1) is 17.6. The molecule has 1 aliphatic rings. The number of aliphatic hydroxyl groups is 1. The van der Waals surface area contributed by atoms with Gasteiger partial charge in [-0.2, -0.15) is 0 Å². The zero-order valence-corrected chi connectivity index (χ0v) is 14.5. The van der Waals surface area contributed by atoms with Crippen molar-refractivity contribution in [2.24, 2.45) is 5.92 Å². The number of β-amino-alcohol motifs (C(OH)–C–C–N with tert-alkyl or cyclic N) is 1. The Morgan fingerprint density at radius 1 is 1.36 bits per heavy atom.